The van der Waals surface area contributed by atoms with Gasteiger partial charge in [-0.2, -0.15) is 0 Å². The van der Waals surface area contributed by atoms with Crippen molar-refractivity contribution < 1.29 is 0 Å². The van der Waals surface area contributed by atoms with E-state index in [1.807, 2.05) is 0 Å². The number of rotatable bonds is 7. The largest absolute Gasteiger partial charge is 0.316 e. The summed E-state index contributed by atoms with van der Waals surface area (Å²) < 4.78 is 0. The molecule has 0 spiro atoms. The van der Waals surface area contributed by atoms with Gasteiger partial charge < -0.3 is 10.2 Å². The SMILES string of the molecule is CC1CCN(CCCNCC(C)c2ccccc2)CC1. The predicted octanol–water partition coefficient (Wildman–Crippen LogP) is 3.50. The molecule has 1 aromatic carbocycles. The van der Waals surface area contributed by atoms with Gasteiger partial charge in [0.25, 0.3) is 0 Å². The van der Waals surface area contributed by atoms with E-state index < -0.39 is 0 Å². The first kappa shape index (κ1) is 15.5. The summed E-state index contributed by atoms with van der Waals surface area (Å²) in [6.07, 6.45) is 4.05. The Bertz CT molecular complexity index is 355. The molecule has 1 N–H and O–H groups in total. The number of piperidine rings is 1. The van der Waals surface area contributed by atoms with E-state index >= 15 is 0 Å². The van der Waals surface area contributed by atoms with Crippen LogP contribution in [0.2, 0.25) is 0 Å². The van der Waals surface area contributed by atoms with E-state index in [0.29, 0.717) is 5.92 Å². The summed E-state index contributed by atoms with van der Waals surface area (Å²) in [5, 5.41) is 3.61. The van der Waals surface area contributed by atoms with Gasteiger partial charge in [-0.25, -0.2) is 0 Å². The highest BCUT2D eigenvalue weighted by Crippen LogP contribution is 2.16. The molecule has 1 heterocycles. The van der Waals surface area contributed by atoms with Crippen LogP contribution < -0.4 is 5.32 Å². The number of hydrogen-bond donors (Lipinski definition) is 1. The van der Waals surface area contributed by atoms with Gasteiger partial charge in [-0.15, -0.1) is 0 Å². The third-order valence-electron chi connectivity index (χ3n) is 4.52. The van der Waals surface area contributed by atoms with Gasteiger partial charge in [0.05, 0.1) is 0 Å². The Labute approximate surface area is 124 Å². The zero-order valence-electron chi connectivity index (χ0n) is 13.1. The first-order valence-electron chi connectivity index (χ1n) is 8.23. The monoisotopic (exact) mass is 274 g/mol. The van der Waals surface area contributed by atoms with Crippen molar-refractivity contribution in [3.63, 3.8) is 0 Å². The molecule has 1 atom stereocenters. The number of hydrogen-bond acceptors (Lipinski definition) is 2. The zero-order valence-corrected chi connectivity index (χ0v) is 13.1. The molecule has 0 aromatic heterocycles. The molecule has 1 saturated heterocycles. The molecule has 0 bridgehead atoms. The van der Waals surface area contributed by atoms with Gasteiger partial charge in [-0.1, -0.05) is 44.2 Å². The van der Waals surface area contributed by atoms with Gasteiger partial charge in [-0.3, -0.25) is 0 Å². The fourth-order valence-electron chi connectivity index (χ4n) is 2.93. The Hall–Kier alpha value is -0.860. The second-order valence-electron chi connectivity index (χ2n) is 6.39. The Morgan fingerprint density at radius 3 is 2.60 bits per heavy atom. The average Bonchev–Trinajstić information content (AvgIpc) is 2.49. The zero-order chi connectivity index (χ0) is 14.2. The molecule has 2 heteroatoms. The van der Waals surface area contributed by atoms with E-state index in [4.69, 9.17) is 0 Å². The summed E-state index contributed by atoms with van der Waals surface area (Å²) in [7, 11) is 0. The normalized spacial score (nSPS) is 19.1. The highest BCUT2D eigenvalue weighted by molar-refractivity contribution is 5.18. The van der Waals surface area contributed by atoms with Crippen LogP contribution in [0.25, 0.3) is 0 Å². The minimum atomic E-state index is 0.604. The first-order chi connectivity index (χ1) is 9.75. The van der Waals surface area contributed by atoms with E-state index in [0.717, 1.165) is 19.0 Å². The van der Waals surface area contributed by atoms with Crippen LogP contribution in [0, 0.1) is 5.92 Å². The van der Waals surface area contributed by atoms with E-state index in [9.17, 15) is 0 Å². The minimum absolute atomic E-state index is 0.604. The molecule has 1 aliphatic heterocycles. The van der Waals surface area contributed by atoms with Crippen LogP contribution in [-0.2, 0) is 0 Å². The van der Waals surface area contributed by atoms with Gasteiger partial charge in [-0.05, 0) is 62.8 Å². The van der Waals surface area contributed by atoms with E-state index in [-0.39, 0.29) is 0 Å². The molecule has 2 rings (SSSR count). The highest BCUT2D eigenvalue weighted by Gasteiger charge is 2.14. The summed E-state index contributed by atoms with van der Waals surface area (Å²) in [6, 6.07) is 10.8. The lowest BCUT2D eigenvalue weighted by molar-refractivity contribution is 0.190. The average molecular weight is 274 g/mol. The van der Waals surface area contributed by atoms with Crippen molar-refractivity contribution in [2.75, 3.05) is 32.7 Å². The third kappa shape index (κ3) is 5.26. The van der Waals surface area contributed by atoms with Gasteiger partial charge in [0.2, 0.25) is 0 Å². The van der Waals surface area contributed by atoms with Crippen LogP contribution in [0.4, 0.5) is 0 Å². The molecule has 0 saturated carbocycles. The van der Waals surface area contributed by atoms with Crippen molar-refractivity contribution in [2.45, 2.75) is 39.0 Å². The lowest BCUT2D eigenvalue weighted by Gasteiger charge is -2.30. The minimum Gasteiger partial charge on any atom is -0.316 e. The maximum atomic E-state index is 3.61. The molecule has 20 heavy (non-hydrogen) atoms. The van der Waals surface area contributed by atoms with Crippen molar-refractivity contribution >= 4 is 0 Å². The lowest BCUT2D eigenvalue weighted by atomic mass is 9.99. The van der Waals surface area contributed by atoms with Crippen LogP contribution in [0.5, 0.6) is 0 Å². The number of benzene rings is 1. The van der Waals surface area contributed by atoms with Crippen LogP contribution in [-0.4, -0.2) is 37.6 Å². The first-order valence-corrected chi connectivity index (χ1v) is 8.23. The van der Waals surface area contributed by atoms with E-state index in [1.54, 1.807) is 0 Å². The van der Waals surface area contributed by atoms with Crippen LogP contribution in [0.3, 0.4) is 0 Å². The Kier molecular flexibility index (Phi) is 6.55. The molecule has 1 aromatic rings. The van der Waals surface area contributed by atoms with Crippen molar-refractivity contribution in [1.82, 2.24) is 10.2 Å². The second kappa shape index (κ2) is 8.43. The Balaban J connectivity index is 1.53. The molecule has 0 aliphatic carbocycles. The molecule has 2 nitrogen and oxygen atoms in total. The maximum Gasteiger partial charge on any atom is 0.00174 e. The molecule has 1 fully saturated rings. The van der Waals surface area contributed by atoms with Gasteiger partial charge in [0, 0.05) is 6.54 Å². The molecule has 112 valence electrons. The topological polar surface area (TPSA) is 15.3 Å². The van der Waals surface area contributed by atoms with Crippen molar-refractivity contribution in [1.29, 1.82) is 0 Å². The number of nitrogens with one attached hydrogen (secondary N) is 1. The van der Waals surface area contributed by atoms with Gasteiger partial charge in [0.1, 0.15) is 0 Å². The predicted molar refractivity (Wildman–Crippen MR) is 87.2 cm³/mol. The number of nitrogens with zero attached hydrogens (tertiary/aromatic N) is 1. The van der Waals surface area contributed by atoms with E-state index in [2.05, 4.69) is 54.4 Å². The summed E-state index contributed by atoms with van der Waals surface area (Å²) >= 11 is 0. The van der Waals surface area contributed by atoms with Crippen molar-refractivity contribution in [3.8, 4) is 0 Å². The molecular weight excluding hydrogens is 244 g/mol. The standard InChI is InChI=1S/C18H30N2/c1-16-9-13-20(14-10-16)12-6-11-19-15-17(2)18-7-4-3-5-8-18/h3-5,7-8,16-17,19H,6,9-15H2,1-2H3. The molecule has 1 unspecified atom stereocenters. The van der Waals surface area contributed by atoms with Crippen LogP contribution >= 0.6 is 0 Å². The molecule has 0 amide bonds. The number of likely N-dealkylation sites (tertiary alicyclic amines) is 1. The van der Waals surface area contributed by atoms with Gasteiger partial charge >= 0.3 is 0 Å². The molecular formula is C18H30N2. The maximum absolute atomic E-state index is 3.61. The second-order valence-corrected chi connectivity index (χ2v) is 6.39. The molecule has 1 aliphatic rings. The summed E-state index contributed by atoms with van der Waals surface area (Å²) in [4.78, 5) is 2.63. The van der Waals surface area contributed by atoms with Gasteiger partial charge in [0.15, 0.2) is 0 Å². The van der Waals surface area contributed by atoms with Crippen molar-refractivity contribution in [3.05, 3.63) is 35.9 Å². The Morgan fingerprint density at radius 1 is 1.20 bits per heavy atom. The third-order valence-corrected chi connectivity index (χ3v) is 4.52. The highest BCUT2D eigenvalue weighted by atomic mass is 15.1. The fourth-order valence-corrected chi connectivity index (χ4v) is 2.93. The van der Waals surface area contributed by atoms with E-state index in [1.165, 1.54) is 44.5 Å². The fraction of sp³-hybridized carbons (Fsp3) is 0.667. The molecule has 0 radical (unpaired) electrons. The summed E-state index contributed by atoms with van der Waals surface area (Å²) in [5.41, 5.74) is 1.44. The van der Waals surface area contributed by atoms with Crippen LogP contribution in [0.15, 0.2) is 30.3 Å². The van der Waals surface area contributed by atoms with Crippen LogP contribution in [0.1, 0.15) is 44.6 Å². The van der Waals surface area contributed by atoms with Crippen molar-refractivity contribution in [2.24, 2.45) is 5.92 Å². The quantitative estimate of drug-likeness (QED) is 0.766. The summed E-state index contributed by atoms with van der Waals surface area (Å²) in [5.74, 6) is 1.54. The smallest absolute Gasteiger partial charge is 0.00174 e. The lowest BCUT2D eigenvalue weighted by Crippen LogP contribution is -2.35. The summed E-state index contributed by atoms with van der Waals surface area (Å²) in [6.45, 7) is 10.8. The Morgan fingerprint density at radius 2 is 1.90 bits per heavy atom.